The summed E-state index contributed by atoms with van der Waals surface area (Å²) in [5.74, 6) is 5.43. The summed E-state index contributed by atoms with van der Waals surface area (Å²) in [6.07, 6.45) is 4.32. The molecule has 2 heterocycles. The van der Waals surface area contributed by atoms with Gasteiger partial charge >= 0.3 is 10.2 Å². The molecule has 9 heteroatoms. The molecule has 0 radical (unpaired) electrons. The second kappa shape index (κ2) is 6.90. The number of hydrogen-bond donors (Lipinski definition) is 0. The van der Waals surface area contributed by atoms with Crippen LogP contribution in [0.2, 0.25) is 0 Å². The third kappa shape index (κ3) is 3.67. The average Bonchev–Trinajstić information content (AvgIpc) is 3.15. The lowest BCUT2D eigenvalue weighted by Crippen LogP contribution is -2.28. The molecule has 24 heavy (non-hydrogen) atoms. The second-order valence-electron chi connectivity index (χ2n) is 5.35. The van der Waals surface area contributed by atoms with Gasteiger partial charge in [-0.05, 0) is 18.1 Å². The van der Waals surface area contributed by atoms with Gasteiger partial charge in [0.15, 0.2) is 0 Å². The van der Waals surface area contributed by atoms with Crippen LogP contribution in [0, 0.1) is 11.8 Å². The van der Waals surface area contributed by atoms with Crippen molar-refractivity contribution in [3.8, 4) is 11.8 Å². The molecule has 2 rings (SSSR count). The number of imidazole rings is 1. The van der Waals surface area contributed by atoms with Crippen LogP contribution in [-0.4, -0.2) is 64.7 Å². The summed E-state index contributed by atoms with van der Waals surface area (Å²) in [5.41, 5.74) is 0.890. The Morgan fingerprint density at radius 2 is 2.04 bits per heavy atom. The fourth-order valence-corrected chi connectivity index (χ4v) is 2.66. The fourth-order valence-electron chi connectivity index (χ4n) is 1.88. The van der Waals surface area contributed by atoms with Crippen molar-refractivity contribution in [3.63, 3.8) is 0 Å². The Balaban J connectivity index is 2.05. The maximum absolute atomic E-state index is 12.2. The van der Waals surface area contributed by atoms with Gasteiger partial charge in [-0.2, -0.15) is 12.7 Å². The predicted molar refractivity (Wildman–Crippen MR) is 89.5 cm³/mol. The van der Waals surface area contributed by atoms with Gasteiger partial charge < -0.3 is 9.47 Å². The van der Waals surface area contributed by atoms with Gasteiger partial charge in [-0.15, -0.1) is 0 Å². The Hall–Kier alpha value is -2.57. The summed E-state index contributed by atoms with van der Waals surface area (Å²) in [6.45, 7) is 0.206. The lowest BCUT2D eigenvalue weighted by molar-refractivity contribution is 0.0803. The normalized spacial score (nSPS) is 11.2. The molecule has 0 aliphatic heterocycles. The van der Waals surface area contributed by atoms with Crippen LogP contribution in [0.4, 0.5) is 0 Å². The summed E-state index contributed by atoms with van der Waals surface area (Å²) in [5, 5.41) is 0. The molecule has 0 N–H and O–H groups in total. The quantitative estimate of drug-likeness (QED) is 0.728. The van der Waals surface area contributed by atoms with E-state index < -0.39 is 10.2 Å². The van der Waals surface area contributed by atoms with E-state index in [1.165, 1.54) is 31.5 Å². The molecule has 0 aromatic carbocycles. The van der Waals surface area contributed by atoms with Crippen molar-refractivity contribution in [2.24, 2.45) is 7.05 Å². The molecule has 2 aromatic heterocycles. The zero-order valence-corrected chi connectivity index (χ0v) is 14.8. The van der Waals surface area contributed by atoms with Crippen LogP contribution in [-0.2, 0) is 17.3 Å². The average molecular weight is 349 g/mol. The number of carbonyl (C=O) groups excluding carboxylic acids is 1. The molecule has 0 aliphatic rings. The number of hydrogen-bond acceptors (Lipinski definition) is 4. The Morgan fingerprint density at radius 1 is 1.33 bits per heavy atom. The van der Waals surface area contributed by atoms with E-state index >= 15 is 0 Å². The zero-order valence-electron chi connectivity index (χ0n) is 14.0. The first-order valence-corrected chi connectivity index (χ1v) is 8.46. The molecule has 2 aromatic rings. The standard InChI is InChI=1S/C15H19N5O3S/c1-17(2)24(22,23)20-11-13(16-12-20)7-5-10-19(4)15(21)14-8-6-9-18(14)3/h6,8-9,11-12H,10H2,1-4H3. The third-order valence-electron chi connectivity index (χ3n) is 3.33. The molecule has 0 saturated heterocycles. The summed E-state index contributed by atoms with van der Waals surface area (Å²) in [4.78, 5) is 17.6. The van der Waals surface area contributed by atoms with Gasteiger partial charge in [-0.3, -0.25) is 4.79 Å². The highest BCUT2D eigenvalue weighted by atomic mass is 32.2. The number of aromatic nitrogens is 3. The minimum Gasteiger partial charge on any atom is -0.347 e. The molecule has 0 aliphatic carbocycles. The zero-order chi connectivity index (χ0) is 17.9. The van der Waals surface area contributed by atoms with Crippen molar-refractivity contribution in [2.75, 3.05) is 27.7 Å². The smallest absolute Gasteiger partial charge is 0.308 e. The van der Waals surface area contributed by atoms with Crippen LogP contribution in [0.25, 0.3) is 0 Å². The highest BCUT2D eigenvalue weighted by Gasteiger charge is 2.16. The summed E-state index contributed by atoms with van der Waals surface area (Å²) < 4.78 is 27.7. The molecule has 8 nitrogen and oxygen atoms in total. The van der Waals surface area contributed by atoms with Gasteiger partial charge in [-0.1, -0.05) is 5.92 Å². The molecule has 0 bridgehead atoms. The Kier molecular flexibility index (Phi) is 5.11. The number of amides is 1. The highest BCUT2D eigenvalue weighted by molar-refractivity contribution is 7.87. The monoisotopic (exact) mass is 349 g/mol. The van der Waals surface area contributed by atoms with E-state index in [4.69, 9.17) is 0 Å². The van der Waals surface area contributed by atoms with Crippen LogP contribution in [0.1, 0.15) is 16.2 Å². The first-order valence-electron chi connectivity index (χ1n) is 7.06. The van der Waals surface area contributed by atoms with Crippen LogP contribution >= 0.6 is 0 Å². The minimum absolute atomic E-state index is 0.141. The van der Waals surface area contributed by atoms with Gasteiger partial charge in [0, 0.05) is 34.4 Å². The van der Waals surface area contributed by atoms with E-state index in [0.29, 0.717) is 11.4 Å². The van der Waals surface area contributed by atoms with Crippen LogP contribution < -0.4 is 0 Å². The van der Waals surface area contributed by atoms with E-state index in [1.807, 2.05) is 0 Å². The summed E-state index contributed by atoms with van der Waals surface area (Å²) in [6, 6.07) is 3.53. The molecule has 0 atom stereocenters. The fraction of sp³-hybridized carbons (Fsp3) is 0.333. The SMILES string of the molecule is CN(CC#Cc1cn(S(=O)(=O)N(C)C)cn1)C(=O)c1cccn1C. The highest BCUT2D eigenvalue weighted by Crippen LogP contribution is 2.04. The molecule has 0 fully saturated rings. The number of rotatable bonds is 4. The van der Waals surface area contributed by atoms with Crippen LogP contribution in [0.5, 0.6) is 0 Å². The van der Waals surface area contributed by atoms with Gasteiger partial charge in [0.1, 0.15) is 17.7 Å². The summed E-state index contributed by atoms with van der Waals surface area (Å²) >= 11 is 0. The third-order valence-corrected chi connectivity index (χ3v) is 4.99. The van der Waals surface area contributed by atoms with Gasteiger partial charge in [0.25, 0.3) is 5.91 Å². The van der Waals surface area contributed by atoms with E-state index in [-0.39, 0.29) is 12.5 Å². The predicted octanol–water partition coefficient (Wildman–Crippen LogP) is -0.000200. The first kappa shape index (κ1) is 17.8. The molecule has 1 amide bonds. The maximum Gasteiger partial charge on any atom is 0.308 e. The lowest BCUT2D eigenvalue weighted by atomic mass is 10.3. The largest absolute Gasteiger partial charge is 0.347 e. The van der Waals surface area contributed by atoms with Crippen molar-refractivity contribution in [1.29, 1.82) is 0 Å². The van der Waals surface area contributed by atoms with Crippen molar-refractivity contribution in [1.82, 2.24) is 22.7 Å². The Morgan fingerprint density at radius 3 is 2.62 bits per heavy atom. The minimum atomic E-state index is -3.59. The molecular formula is C15H19N5O3S. The van der Waals surface area contributed by atoms with E-state index in [2.05, 4.69) is 16.8 Å². The number of carbonyl (C=O) groups is 1. The number of nitrogens with zero attached hydrogens (tertiary/aromatic N) is 5. The van der Waals surface area contributed by atoms with Crippen molar-refractivity contribution < 1.29 is 13.2 Å². The van der Waals surface area contributed by atoms with Crippen molar-refractivity contribution in [3.05, 3.63) is 42.2 Å². The maximum atomic E-state index is 12.2. The van der Waals surface area contributed by atoms with E-state index in [9.17, 15) is 13.2 Å². The van der Waals surface area contributed by atoms with Crippen LogP contribution in [0.15, 0.2) is 30.9 Å². The Labute approximate surface area is 141 Å². The van der Waals surface area contributed by atoms with Gasteiger partial charge in [-0.25, -0.2) is 8.96 Å². The first-order chi connectivity index (χ1) is 11.2. The van der Waals surface area contributed by atoms with Crippen molar-refractivity contribution >= 4 is 16.1 Å². The molecule has 128 valence electrons. The second-order valence-corrected chi connectivity index (χ2v) is 7.39. The lowest BCUT2D eigenvalue weighted by Gasteiger charge is -2.13. The summed E-state index contributed by atoms with van der Waals surface area (Å²) in [7, 11) is 2.73. The molecule has 0 unspecified atom stereocenters. The Bertz CT molecular complexity index is 899. The topological polar surface area (TPSA) is 80.4 Å². The molecule has 0 spiro atoms. The van der Waals surface area contributed by atoms with Gasteiger partial charge in [0.2, 0.25) is 0 Å². The van der Waals surface area contributed by atoms with E-state index in [1.54, 1.807) is 37.0 Å². The van der Waals surface area contributed by atoms with E-state index in [0.717, 1.165) is 8.28 Å². The molecular weight excluding hydrogens is 330 g/mol. The van der Waals surface area contributed by atoms with Crippen molar-refractivity contribution in [2.45, 2.75) is 0 Å². The number of aryl methyl sites for hydroxylation is 1. The van der Waals surface area contributed by atoms with Crippen LogP contribution in [0.3, 0.4) is 0 Å². The van der Waals surface area contributed by atoms with Gasteiger partial charge in [0.05, 0.1) is 12.7 Å². The molecule has 0 saturated carbocycles.